The molecule has 0 aromatic carbocycles. The highest BCUT2D eigenvalue weighted by Crippen LogP contribution is 2.38. The molecule has 0 spiro atoms. The van der Waals surface area contributed by atoms with Crippen molar-refractivity contribution in [2.45, 2.75) is 30.0 Å². The van der Waals surface area contributed by atoms with Crippen molar-refractivity contribution in [1.29, 1.82) is 0 Å². The van der Waals surface area contributed by atoms with Crippen LogP contribution in [0.2, 0.25) is 0 Å². The van der Waals surface area contributed by atoms with Crippen molar-refractivity contribution in [3.63, 3.8) is 0 Å². The van der Waals surface area contributed by atoms with Crippen molar-refractivity contribution in [2.75, 3.05) is 36.3 Å². The van der Waals surface area contributed by atoms with Crippen LogP contribution in [0.3, 0.4) is 0 Å². The highest BCUT2D eigenvalue weighted by atomic mass is 32.2. The van der Waals surface area contributed by atoms with Gasteiger partial charge in [0, 0.05) is 37.7 Å². The van der Waals surface area contributed by atoms with Gasteiger partial charge in [-0.05, 0) is 25.0 Å². The van der Waals surface area contributed by atoms with Gasteiger partial charge in [-0.3, -0.25) is 4.98 Å². The zero-order chi connectivity index (χ0) is 25.2. The number of aromatic nitrogens is 4. The minimum Gasteiger partial charge on any atom is -0.494 e. The second kappa shape index (κ2) is 9.64. The summed E-state index contributed by atoms with van der Waals surface area (Å²) in [6.07, 6.45) is 4.75. The monoisotopic (exact) mass is 508 g/mol. The van der Waals surface area contributed by atoms with Crippen LogP contribution in [0.5, 0.6) is 5.75 Å². The van der Waals surface area contributed by atoms with E-state index in [2.05, 4.69) is 19.9 Å². The van der Waals surface area contributed by atoms with Crippen LogP contribution in [0.15, 0.2) is 54.1 Å². The van der Waals surface area contributed by atoms with E-state index in [0.717, 1.165) is 12.3 Å². The smallest absolute Gasteiger partial charge is 0.433 e. The molecular weight excluding hydrogens is 485 g/mol. The van der Waals surface area contributed by atoms with Crippen LogP contribution in [-0.4, -0.2) is 60.9 Å². The SMILES string of the molecule is COc1ccncc1N(c1ccc(C(F)(F)F)nc1)C1CCN(c2ncc(S(C)(=O)=O)cn2)CC1. The number of pyridine rings is 2. The number of alkyl halides is 3. The number of methoxy groups -OCH3 is 1. The number of sulfone groups is 1. The highest BCUT2D eigenvalue weighted by Gasteiger charge is 2.33. The fraction of sp³-hybridized carbons (Fsp3) is 0.364. The van der Waals surface area contributed by atoms with Crippen LogP contribution in [0.25, 0.3) is 0 Å². The van der Waals surface area contributed by atoms with Gasteiger partial charge in [0.05, 0.1) is 37.6 Å². The maximum absolute atomic E-state index is 13.1. The lowest BCUT2D eigenvalue weighted by Crippen LogP contribution is -2.44. The number of nitrogens with zero attached hydrogens (tertiary/aromatic N) is 6. The third-order valence-corrected chi connectivity index (χ3v) is 6.78. The molecule has 0 aliphatic carbocycles. The lowest BCUT2D eigenvalue weighted by molar-refractivity contribution is -0.141. The van der Waals surface area contributed by atoms with Gasteiger partial charge in [-0.1, -0.05) is 0 Å². The molecule has 13 heteroatoms. The molecule has 0 radical (unpaired) electrons. The first-order valence-corrected chi connectivity index (χ1v) is 12.5. The van der Waals surface area contributed by atoms with Gasteiger partial charge in [0.25, 0.3) is 0 Å². The standard InChI is InChI=1S/C22H23F3N6O3S/c1-34-19-5-8-26-14-18(19)31(16-3-4-20(27-11-16)22(23,24)25)15-6-9-30(10-7-15)21-28-12-17(13-29-21)35(2,32)33/h3-5,8,11-15H,6-7,9-10H2,1-2H3. The summed E-state index contributed by atoms with van der Waals surface area (Å²) in [5.41, 5.74) is 0.129. The van der Waals surface area contributed by atoms with Gasteiger partial charge in [0.2, 0.25) is 5.95 Å². The van der Waals surface area contributed by atoms with Crippen molar-refractivity contribution in [1.82, 2.24) is 19.9 Å². The summed E-state index contributed by atoms with van der Waals surface area (Å²) in [4.78, 5) is 20.1. The van der Waals surface area contributed by atoms with E-state index >= 15 is 0 Å². The van der Waals surface area contributed by atoms with Gasteiger partial charge < -0.3 is 14.5 Å². The molecule has 4 heterocycles. The molecule has 0 atom stereocenters. The molecule has 9 nitrogen and oxygen atoms in total. The van der Waals surface area contributed by atoms with Crippen LogP contribution in [-0.2, 0) is 16.0 Å². The molecule has 0 amide bonds. The van der Waals surface area contributed by atoms with Gasteiger partial charge >= 0.3 is 6.18 Å². The molecule has 35 heavy (non-hydrogen) atoms. The lowest BCUT2D eigenvalue weighted by Gasteiger charge is -2.40. The Balaban J connectivity index is 1.59. The molecule has 1 saturated heterocycles. The number of halogens is 3. The first kappa shape index (κ1) is 24.6. The van der Waals surface area contributed by atoms with Crippen LogP contribution >= 0.6 is 0 Å². The van der Waals surface area contributed by atoms with E-state index in [1.807, 2.05) is 9.80 Å². The number of piperidine rings is 1. The van der Waals surface area contributed by atoms with Crippen LogP contribution in [0, 0.1) is 0 Å². The van der Waals surface area contributed by atoms with E-state index in [4.69, 9.17) is 4.74 Å². The van der Waals surface area contributed by atoms with Crippen molar-refractivity contribution in [3.8, 4) is 5.75 Å². The molecule has 0 unspecified atom stereocenters. The summed E-state index contributed by atoms with van der Waals surface area (Å²) in [6, 6.07) is 3.93. The summed E-state index contributed by atoms with van der Waals surface area (Å²) >= 11 is 0. The summed E-state index contributed by atoms with van der Waals surface area (Å²) in [6.45, 7) is 1.10. The number of hydrogen-bond acceptors (Lipinski definition) is 9. The third kappa shape index (κ3) is 5.45. The molecule has 0 saturated carbocycles. The summed E-state index contributed by atoms with van der Waals surface area (Å²) in [5.74, 6) is 0.944. The predicted octanol–water partition coefficient (Wildman–Crippen LogP) is 3.50. The molecule has 1 fully saturated rings. The fourth-order valence-corrected chi connectivity index (χ4v) is 4.45. The first-order chi connectivity index (χ1) is 16.6. The van der Waals surface area contributed by atoms with Gasteiger partial charge in [-0.15, -0.1) is 0 Å². The number of anilines is 3. The third-order valence-electron chi connectivity index (χ3n) is 5.71. The van der Waals surface area contributed by atoms with Gasteiger partial charge in [-0.2, -0.15) is 13.2 Å². The average Bonchev–Trinajstić information content (AvgIpc) is 2.84. The Morgan fingerprint density at radius 1 is 1.03 bits per heavy atom. The van der Waals surface area contributed by atoms with E-state index in [-0.39, 0.29) is 10.9 Å². The van der Waals surface area contributed by atoms with Crippen molar-refractivity contribution in [2.24, 2.45) is 0 Å². The van der Waals surface area contributed by atoms with E-state index in [1.54, 1.807) is 18.5 Å². The zero-order valence-corrected chi connectivity index (χ0v) is 19.8. The fourth-order valence-electron chi connectivity index (χ4n) is 3.96. The minimum atomic E-state index is -4.53. The van der Waals surface area contributed by atoms with Crippen molar-refractivity contribution >= 4 is 27.2 Å². The Kier molecular flexibility index (Phi) is 6.79. The molecular formula is C22H23F3N6O3S. The Labute approximate surface area is 200 Å². The van der Waals surface area contributed by atoms with Crippen LogP contribution in [0.4, 0.5) is 30.5 Å². The largest absolute Gasteiger partial charge is 0.494 e. The zero-order valence-electron chi connectivity index (χ0n) is 19.0. The van der Waals surface area contributed by atoms with E-state index < -0.39 is 21.7 Å². The summed E-state index contributed by atoms with van der Waals surface area (Å²) < 4.78 is 68.0. The Morgan fingerprint density at radius 3 is 2.26 bits per heavy atom. The minimum absolute atomic E-state index is 0.0424. The molecule has 0 bridgehead atoms. The molecule has 186 valence electrons. The second-order valence-corrected chi connectivity index (χ2v) is 10.0. The van der Waals surface area contributed by atoms with Gasteiger partial charge in [0.1, 0.15) is 22.0 Å². The van der Waals surface area contributed by atoms with E-state index in [0.29, 0.717) is 49.0 Å². The first-order valence-electron chi connectivity index (χ1n) is 10.7. The maximum atomic E-state index is 13.1. The van der Waals surface area contributed by atoms with Crippen LogP contribution < -0.4 is 14.5 Å². The van der Waals surface area contributed by atoms with E-state index in [1.165, 1.54) is 31.8 Å². The van der Waals surface area contributed by atoms with E-state index in [9.17, 15) is 21.6 Å². The number of ether oxygens (including phenoxy) is 1. The molecule has 1 aliphatic heterocycles. The molecule has 3 aromatic heterocycles. The predicted molar refractivity (Wildman–Crippen MR) is 123 cm³/mol. The quantitative estimate of drug-likeness (QED) is 0.495. The molecule has 1 aliphatic rings. The number of rotatable bonds is 6. The molecule has 3 aromatic rings. The van der Waals surface area contributed by atoms with Crippen molar-refractivity contribution in [3.05, 3.63) is 54.9 Å². The maximum Gasteiger partial charge on any atom is 0.433 e. The highest BCUT2D eigenvalue weighted by molar-refractivity contribution is 7.90. The van der Waals surface area contributed by atoms with Gasteiger partial charge in [-0.25, -0.2) is 23.4 Å². The number of hydrogen-bond donors (Lipinski definition) is 0. The lowest BCUT2D eigenvalue weighted by atomic mass is 10.0. The Hall–Kier alpha value is -3.48. The molecule has 0 N–H and O–H groups in total. The van der Waals surface area contributed by atoms with Crippen LogP contribution in [0.1, 0.15) is 18.5 Å². The Morgan fingerprint density at radius 2 is 1.71 bits per heavy atom. The molecule has 4 rings (SSSR count). The average molecular weight is 509 g/mol. The topological polar surface area (TPSA) is 101 Å². The Bertz CT molecular complexity index is 1260. The van der Waals surface area contributed by atoms with Gasteiger partial charge in [0.15, 0.2) is 9.84 Å². The normalized spacial score (nSPS) is 15.2. The summed E-state index contributed by atoms with van der Waals surface area (Å²) in [7, 11) is -1.88. The van der Waals surface area contributed by atoms with Crippen molar-refractivity contribution < 1.29 is 26.3 Å². The summed E-state index contributed by atoms with van der Waals surface area (Å²) in [5, 5.41) is 0. The second-order valence-electron chi connectivity index (χ2n) is 8.03.